The Bertz CT molecular complexity index is 355. The first-order valence-electron chi connectivity index (χ1n) is 5.00. The number of esters is 1. The van der Waals surface area contributed by atoms with E-state index in [0.29, 0.717) is 10.6 Å². The van der Waals surface area contributed by atoms with Crippen LogP contribution in [0.25, 0.3) is 0 Å². The molecule has 0 aliphatic rings. The minimum atomic E-state index is -0.119. The Hall–Kier alpha value is -0.441. The van der Waals surface area contributed by atoms with Gasteiger partial charge in [0.15, 0.2) is 0 Å². The molecule has 0 unspecified atom stereocenters. The van der Waals surface area contributed by atoms with Gasteiger partial charge in [0.25, 0.3) is 0 Å². The number of benzene rings is 1. The summed E-state index contributed by atoms with van der Waals surface area (Å²) < 4.78 is 5.98. The van der Waals surface area contributed by atoms with Crippen molar-refractivity contribution in [3.8, 4) is 0 Å². The van der Waals surface area contributed by atoms with Gasteiger partial charge in [0.1, 0.15) is 0 Å². The summed E-state index contributed by atoms with van der Waals surface area (Å²) in [4.78, 5) is 11.1. The van der Waals surface area contributed by atoms with Crippen molar-refractivity contribution in [3.05, 3.63) is 29.8 Å². The van der Waals surface area contributed by atoms with E-state index in [1.165, 1.54) is 17.1 Å². The van der Waals surface area contributed by atoms with Crippen LogP contribution in [0.15, 0.2) is 24.3 Å². The third kappa shape index (κ3) is 3.85. The number of rotatable bonds is 5. The van der Waals surface area contributed by atoms with Gasteiger partial charge in [-0.15, -0.1) is 0 Å². The molecule has 4 heteroatoms. The predicted molar refractivity (Wildman–Crippen MR) is 70.6 cm³/mol. The Balaban J connectivity index is 2.75. The zero-order valence-electron chi connectivity index (χ0n) is 9.73. The topological polar surface area (TPSA) is 26.3 Å². The van der Waals surface area contributed by atoms with Crippen molar-refractivity contribution in [2.24, 2.45) is 0 Å². The van der Waals surface area contributed by atoms with Gasteiger partial charge in [-0.2, -0.15) is 0 Å². The van der Waals surface area contributed by atoms with Crippen LogP contribution >= 0.6 is 11.8 Å². The summed E-state index contributed by atoms with van der Waals surface area (Å²) in [5.74, 6) is -0.119. The molecule has 0 N–H and O–H groups in total. The maximum absolute atomic E-state index is 11.1. The van der Waals surface area contributed by atoms with Crippen molar-refractivity contribution in [1.29, 1.82) is 0 Å². The second-order valence-corrected chi connectivity index (χ2v) is 6.59. The number of thioether (sulfide) groups is 1. The van der Waals surface area contributed by atoms with Crippen molar-refractivity contribution >= 4 is 37.1 Å². The van der Waals surface area contributed by atoms with Crippen LogP contribution in [0.2, 0.25) is 5.32 Å². The number of ether oxygens (including phenoxy) is 1. The fourth-order valence-electron chi connectivity index (χ4n) is 1.27. The average Bonchev–Trinajstić information content (AvgIpc) is 2.35. The second kappa shape index (κ2) is 7.00. The van der Waals surface area contributed by atoms with Crippen LogP contribution in [0, 0.1) is 0 Å². The van der Waals surface area contributed by atoms with Gasteiger partial charge >= 0.3 is 107 Å². The summed E-state index contributed by atoms with van der Waals surface area (Å²) in [5, 5.41) is 0.998. The van der Waals surface area contributed by atoms with E-state index in [4.69, 9.17) is 0 Å². The summed E-state index contributed by atoms with van der Waals surface area (Å²) in [6, 6.07) is 8.35. The van der Waals surface area contributed by atoms with Crippen LogP contribution in [-0.2, 0) is 9.53 Å². The Kier molecular flexibility index (Phi) is 5.96. The molecule has 0 heterocycles. The molecule has 16 heavy (non-hydrogen) atoms. The van der Waals surface area contributed by atoms with Gasteiger partial charge < -0.3 is 0 Å². The minimum absolute atomic E-state index is 0.119. The molecule has 1 aromatic rings. The molecule has 1 rings (SSSR count). The molecule has 0 amide bonds. The van der Waals surface area contributed by atoms with E-state index in [1.807, 2.05) is 17.8 Å². The number of carbonyl (C=O) groups excluding carboxylic acids is 1. The van der Waals surface area contributed by atoms with Gasteiger partial charge in [-0.05, 0) is 0 Å². The third-order valence-electron chi connectivity index (χ3n) is 2.28. The quantitative estimate of drug-likeness (QED) is 0.615. The molecule has 0 saturated heterocycles. The van der Waals surface area contributed by atoms with E-state index in [9.17, 15) is 4.79 Å². The van der Waals surface area contributed by atoms with E-state index in [1.54, 1.807) is 0 Å². The molecule has 0 saturated carbocycles. The molecular formula is C12H16O2SSe. The van der Waals surface area contributed by atoms with Crippen LogP contribution < -0.4 is 4.46 Å². The number of hydrogen-bond acceptors (Lipinski definition) is 3. The first-order chi connectivity index (χ1) is 7.69. The zero-order valence-corrected chi connectivity index (χ0v) is 12.3. The molecule has 0 spiro atoms. The summed E-state index contributed by atoms with van der Waals surface area (Å²) in [7, 11) is 1.44. The Morgan fingerprint density at radius 1 is 1.50 bits per heavy atom. The van der Waals surface area contributed by atoms with Crippen molar-refractivity contribution in [2.75, 3.05) is 13.4 Å². The Morgan fingerprint density at radius 2 is 2.19 bits per heavy atom. The summed E-state index contributed by atoms with van der Waals surface area (Å²) in [6.07, 6.45) is 2.11. The standard InChI is InChI=1S/C12H16O2SSe/c1-9(15-3)10-6-4-5-7-11(10)16-8-12(13)14-2/h4-7,9H,8H2,1-3H3/t9-/m0/s1. The molecule has 0 aliphatic heterocycles. The van der Waals surface area contributed by atoms with Gasteiger partial charge in [0, 0.05) is 0 Å². The first kappa shape index (κ1) is 13.6. The van der Waals surface area contributed by atoms with Crippen molar-refractivity contribution in [3.63, 3.8) is 0 Å². The second-order valence-electron chi connectivity index (χ2n) is 3.28. The molecular weight excluding hydrogens is 287 g/mol. The van der Waals surface area contributed by atoms with Crippen LogP contribution in [-0.4, -0.2) is 34.3 Å². The zero-order chi connectivity index (χ0) is 12.0. The maximum atomic E-state index is 11.1. The molecule has 0 aromatic heterocycles. The van der Waals surface area contributed by atoms with Gasteiger partial charge in [0.05, 0.1) is 0 Å². The Morgan fingerprint density at radius 3 is 2.81 bits per heavy atom. The van der Waals surface area contributed by atoms with Crippen molar-refractivity contribution < 1.29 is 9.53 Å². The molecule has 88 valence electrons. The summed E-state index contributed by atoms with van der Waals surface area (Å²) in [6.45, 7) is 2.19. The van der Waals surface area contributed by atoms with Crippen LogP contribution in [0.5, 0.6) is 0 Å². The molecule has 0 fully saturated rings. The van der Waals surface area contributed by atoms with Crippen molar-refractivity contribution in [2.45, 2.75) is 17.5 Å². The Labute approximate surface area is 107 Å². The van der Waals surface area contributed by atoms with E-state index >= 15 is 0 Å². The van der Waals surface area contributed by atoms with Gasteiger partial charge in [-0.3, -0.25) is 0 Å². The molecule has 1 aromatic carbocycles. The van der Waals surface area contributed by atoms with E-state index in [2.05, 4.69) is 36.1 Å². The normalized spacial score (nSPS) is 12.2. The van der Waals surface area contributed by atoms with E-state index < -0.39 is 0 Å². The van der Waals surface area contributed by atoms with Gasteiger partial charge in [-0.1, -0.05) is 0 Å². The SMILES string of the molecule is COC(=O)C[Se]c1ccccc1[C@H](C)SC. The molecule has 1 atom stereocenters. The van der Waals surface area contributed by atoms with E-state index in [0.717, 1.165) is 0 Å². The van der Waals surface area contributed by atoms with E-state index in [-0.39, 0.29) is 20.9 Å². The molecule has 0 aliphatic carbocycles. The third-order valence-corrected chi connectivity index (χ3v) is 5.47. The summed E-state index contributed by atoms with van der Waals surface area (Å²) in [5.41, 5.74) is 1.35. The molecule has 0 radical (unpaired) electrons. The predicted octanol–water partition coefficient (Wildman–Crippen LogP) is 2.03. The molecule has 0 bridgehead atoms. The van der Waals surface area contributed by atoms with Gasteiger partial charge in [0.2, 0.25) is 0 Å². The summed E-state index contributed by atoms with van der Waals surface area (Å²) >= 11 is 2.00. The molecule has 2 nitrogen and oxygen atoms in total. The fourth-order valence-corrected chi connectivity index (χ4v) is 3.95. The van der Waals surface area contributed by atoms with Gasteiger partial charge in [-0.25, -0.2) is 0 Å². The monoisotopic (exact) mass is 304 g/mol. The van der Waals surface area contributed by atoms with Crippen LogP contribution in [0.1, 0.15) is 17.7 Å². The van der Waals surface area contributed by atoms with Crippen LogP contribution in [0.3, 0.4) is 0 Å². The van der Waals surface area contributed by atoms with Crippen LogP contribution in [0.4, 0.5) is 0 Å². The number of carbonyl (C=O) groups is 1. The number of methoxy groups -OCH3 is 1. The average molecular weight is 303 g/mol. The first-order valence-corrected chi connectivity index (χ1v) is 8.36. The number of hydrogen-bond donors (Lipinski definition) is 0. The fraction of sp³-hybridized carbons (Fsp3) is 0.417. The van der Waals surface area contributed by atoms with Crippen molar-refractivity contribution in [1.82, 2.24) is 0 Å².